The number of allylic oxidation sites excluding steroid dienone is 3. The van der Waals surface area contributed by atoms with Crippen molar-refractivity contribution in [3.05, 3.63) is 23.3 Å². The second-order valence-corrected chi connectivity index (χ2v) is 8.62. The lowest BCUT2D eigenvalue weighted by Crippen LogP contribution is -2.58. The van der Waals surface area contributed by atoms with Gasteiger partial charge < -0.3 is 0 Å². The average Bonchev–Trinajstić information content (AvgIpc) is 2.46. The Morgan fingerprint density at radius 1 is 1.32 bits per heavy atom. The van der Waals surface area contributed by atoms with E-state index in [0.717, 1.165) is 18.3 Å². The Kier molecular flexibility index (Phi) is 4.12. The van der Waals surface area contributed by atoms with E-state index in [1.807, 2.05) is 0 Å². The van der Waals surface area contributed by atoms with E-state index in [9.17, 15) is 0 Å². The maximum Gasteiger partial charge on any atom is 0.0697 e. The zero-order valence-electron chi connectivity index (χ0n) is 15.1. The summed E-state index contributed by atoms with van der Waals surface area (Å²) in [5, 5.41) is 0. The molecule has 1 heteroatoms. The van der Waals surface area contributed by atoms with Crippen molar-refractivity contribution in [1.82, 2.24) is 0 Å². The molecule has 3 aliphatic carbocycles. The molecule has 0 aromatic rings. The van der Waals surface area contributed by atoms with Gasteiger partial charge in [0.25, 0.3) is 0 Å². The fraction of sp³-hybridized carbons (Fsp3) is 0.762. The Morgan fingerprint density at radius 2 is 2.05 bits per heavy atom. The second kappa shape index (κ2) is 5.65. The van der Waals surface area contributed by atoms with E-state index in [1.165, 1.54) is 24.8 Å². The van der Waals surface area contributed by atoms with Gasteiger partial charge in [-0.2, -0.15) is 0 Å². The van der Waals surface area contributed by atoms with Crippen molar-refractivity contribution in [2.24, 2.45) is 40.5 Å². The third kappa shape index (κ3) is 2.23. The second-order valence-electron chi connectivity index (χ2n) is 8.62. The molecule has 0 aromatic carbocycles. The van der Waals surface area contributed by atoms with Crippen LogP contribution in [0, 0.1) is 35.5 Å². The summed E-state index contributed by atoms with van der Waals surface area (Å²) < 4.78 is 0. The van der Waals surface area contributed by atoms with Crippen LogP contribution in [0.2, 0.25) is 0 Å². The largest absolute Gasteiger partial charge is 0.293 e. The molecule has 0 N–H and O–H groups in total. The highest BCUT2D eigenvalue weighted by Gasteiger charge is 2.58. The van der Waals surface area contributed by atoms with Crippen LogP contribution in [0.1, 0.15) is 60.3 Å². The molecule has 0 bridgehead atoms. The van der Waals surface area contributed by atoms with Crippen LogP contribution in [-0.2, 0) is 0 Å². The fourth-order valence-corrected chi connectivity index (χ4v) is 6.15. The van der Waals surface area contributed by atoms with Gasteiger partial charge in [0.05, 0.1) is 5.54 Å². The number of aliphatic imine (C=N–C) groups is 1. The van der Waals surface area contributed by atoms with Gasteiger partial charge in [-0.25, -0.2) is 0 Å². The lowest BCUT2D eigenvalue weighted by molar-refractivity contribution is -0.0425. The lowest BCUT2D eigenvalue weighted by atomic mass is 9.46. The van der Waals surface area contributed by atoms with Crippen molar-refractivity contribution >= 4 is 6.72 Å². The van der Waals surface area contributed by atoms with E-state index in [4.69, 9.17) is 4.99 Å². The summed E-state index contributed by atoms with van der Waals surface area (Å²) in [7, 11) is 0. The van der Waals surface area contributed by atoms with Crippen LogP contribution in [0.15, 0.2) is 28.3 Å². The maximum absolute atomic E-state index is 4.83. The van der Waals surface area contributed by atoms with Gasteiger partial charge in [0.15, 0.2) is 0 Å². The molecule has 0 aliphatic heterocycles. The zero-order chi connectivity index (χ0) is 16.1. The van der Waals surface area contributed by atoms with Crippen LogP contribution >= 0.6 is 0 Å². The minimum atomic E-state index is 0.107. The van der Waals surface area contributed by atoms with Gasteiger partial charge in [-0.15, -0.1) is 0 Å². The van der Waals surface area contributed by atoms with E-state index in [0.29, 0.717) is 23.7 Å². The molecule has 0 saturated heterocycles. The third-order valence-corrected chi connectivity index (χ3v) is 7.17. The molecule has 3 rings (SSSR count). The summed E-state index contributed by atoms with van der Waals surface area (Å²) in [6.07, 6.45) is 10.2. The van der Waals surface area contributed by atoms with Gasteiger partial charge in [0, 0.05) is 0 Å². The molecule has 0 amide bonds. The molecule has 0 aromatic heterocycles. The molecular formula is C21H33N. The van der Waals surface area contributed by atoms with Crippen LogP contribution in [0.4, 0.5) is 0 Å². The van der Waals surface area contributed by atoms with Crippen molar-refractivity contribution in [2.75, 3.05) is 0 Å². The minimum Gasteiger partial charge on any atom is -0.293 e. The van der Waals surface area contributed by atoms with Gasteiger partial charge in [-0.05, 0) is 88.7 Å². The molecule has 7 atom stereocenters. The summed E-state index contributed by atoms with van der Waals surface area (Å²) in [6.45, 7) is 15.9. The zero-order valence-corrected chi connectivity index (χ0v) is 15.1. The van der Waals surface area contributed by atoms with Crippen molar-refractivity contribution in [3.63, 3.8) is 0 Å². The van der Waals surface area contributed by atoms with Crippen LogP contribution in [0.25, 0.3) is 0 Å². The van der Waals surface area contributed by atoms with Crippen molar-refractivity contribution in [1.29, 1.82) is 0 Å². The average molecular weight is 300 g/mol. The first-order chi connectivity index (χ1) is 10.4. The Labute approximate surface area is 137 Å². The van der Waals surface area contributed by atoms with Gasteiger partial charge in [0.2, 0.25) is 0 Å². The summed E-state index contributed by atoms with van der Waals surface area (Å²) >= 11 is 0. The van der Waals surface area contributed by atoms with E-state index in [2.05, 4.69) is 53.5 Å². The van der Waals surface area contributed by atoms with Crippen LogP contribution in [0.3, 0.4) is 0 Å². The number of rotatable bonds is 2. The molecule has 0 heterocycles. The maximum atomic E-state index is 4.83. The van der Waals surface area contributed by atoms with Crippen LogP contribution in [-0.4, -0.2) is 12.3 Å². The molecule has 0 radical (unpaired) electrons. The molecule has 122 valence electrons. The summed E-state index contributed by atoms with van der Waals surface area (Å²) in [5.41, 5.74) is 3.20. The molecule has 1 nitrogen and oxygen atoms in total. The lowest BCUT2D eigenvalue weighted by Gasteiger charge is -2.60. The highest BCUT2D eigenvalue weighted by molar-refractivity contribution is 5.33. The van der Waals surface area contributed by atoms with E-state index in [-0.39, 0.29) is 5.54 Å². The molecular weight excluding hydrogens is 266 g/mol. The number of hydrogen-bond donors (Lipinski definition) is 0. The SMILES string of the molecule is C=NC12CC=C(C)C3C(C=C(C)C)CC(C)C(CCC1C)C32. The Hall–Kier alpha value is -0.850. The van der Waals surface area contributed by atoms with Gasteiger partial charge in [0.1, 0.15) is 0 Å². The minimum absolute atomic E-state index is 0.107. The fourth-order valence-electron chi connectivity index (χ4n) is 6.15. The Balaban J connectivity index is 2.10. The van der Waals surface area contributed by atoms with E-state index < -0.39 is 0 Å². The Morgan fingerprint density at radius 3 is 2.68 bits per heavy atom. The summed E-state index contributed by atoms with van der Waals surface area (Å²) in [5.74, 6) is 4.44. The predicted molar refractivity (Wildman–Crippen MR) is 96.2 cm³/mol. The summed E-state index contributed by atoms with van der Waals surface area (Å²) in [6, 6.07) is 0. The molecule has 3 aliphatic rings. The quantitative estimate of drug-likeness (QED) is 0.460. The van der Waals surface area contributed by atoms with Crippen LogP contribution in [0.5, 0.6) is 0 Å². The van der Waals surface area contributed by atoms with E-state index in [1.54, 1.807) is 5.57 Å². The van der Waals surface area contributed by atoms with Crippen LogP contribution < -0.4 is 0 Å². The Bertz CT molecular complexity index is 510. The normalized spacial score (nSPS) is 47.2. The smallest absolute Gasteiger partial charge is 0.0697 e. The van der Waals surface area contributed by atoms with Gasteiger partial charge in [-0.3, -0.25) is 4.99 Å². The van der Waals surface area contributed by atoms with Crippen molar-refractivity contribution in [2.45, 2.75) is 65.8 Å². The third-order valence-electron chi connectivity index (χ3n) is 7.17. The van der Waals surface area contributed by atoms with Gasteiger partial charge >= 0.3 is 0 Å². The van der Waals surface area contributed by atoms with Crippen molar-refractivity contribution in [3.8, 4) is 0 Å². The van der Waals surface area contributed by atoms with Gasteiger partial charge in [-0.1, -0.05) is 37.1 Å². The number of nitrogens with zero attached hydrogens (tertiary/aromatic N) is 1. The summed E-state index contributed by atoms with van der Waals surface area (Å²) in [4.78, 5) is 4.83. The van der Waals surface area contributed by atoms with E-state index >= 15 is 0 Å². The first-order valence-corrected chi connectivity index (χ1v) is 9.20. The molecule has 2 fully saturated rings. The highest BCUT2D eigenvalue weighted by atomic mass is 14.9. The standard InChI is InChI=1S/C21H33N/c1-13(2)11-17-12-15(4)18-8-7-16(5)21(22-6)10-9-14(3)19(17)20(18)21/h9,11,15-20H,6-8,10,12H2,1-5H3. The first-order valence-electron chi connectivity index (χ1n) is 9.20. The molecule has 7 unspecified atom stereocenters. The highest BCUT2D eigenvalue weighted by Crippen LogP contribution is 2.61. The van der Waals surface area contributed by atoms with Crippen molar-refractivity contribution < 1.29 is 0 Å². The monoisotopic (exact) mass is 299 g/mol. The predicted octanol–water partition coefficient (Wildman–Crippen LogP) is 5.68. The molecule has 22 heavy (non-hydrogen) atoms. The number of hydrogen-bond acceptors (Lipinski definition) is 1. The molecule has 2 saturated carbocycles. The first kappa shape index (κ1) is 16.0. The molecule has 0 spiro atoms. The topological polar surface area (TPSA) is 12.4 Å².